The number of carbonyl (C=O) groups excluding carboxylic acids is 1. The molecule has 1 heterocycles. The summed E-state index contributed by atoms with van der Waals surface area (Å²) in [6, 6.07) is 5.71. The van der Waals surface area contributed by atoms with Crippen LogP contribution in [-0.2, 0) is 4.79 Å². The normalized spacial score (nSPS) is 10.9. The average Bonchev–Trinajstić information content (AvgIpc) is 2.80. The van der Waals surface area contributed by atoms with Crippen molar-refractivity contribution in [3.05, 3.63) is 30.1 Å². The largest absolute Gasteiger partial charge is 0.368 e. The van der Waals surface area contributed by atoms with Crippen molar-refractivity contribution in [2.75, 3.05) is 16.8 Å². The van der Waals surface area contributed by atoms with Crippen LogP contribution in [-0.4, -0.2) is 26.4 Å². The van der Waals surface area contributed by atoms with Crippen LogP contribution in [0, 0.1) is 5.82 Å². The zero-order valence-corrected chi connectivity index (χ0v) is 12.5. The monoisotopic (exact) mass is 309 g/mol. The Morgan fingerprint density at radius 1 is 1.38 bits per heavy atom. The maximum Gasteiger partial charge on any atom is 0.234 e. The summed E-state index contributed by atoms with van der Waals surface area (Å²) in [4.78, 5) is 11.8. The summed E-state index contributed by atoms with van der Waals surface area (Å²) in [7, 11) is 0. The van der Waals surface area contributed by atoms with Crippen molar-refractivity contribution in [2.24, 2.45) is 0 Å². The predicted octanol–water partition coefficient (Wildman–Crippen LogP) is 2.31. The Hall–Kier alpha value is -2.09. The topological polar surface area (TPSA) is 85.8 Å². The molecular weight excluding hydrogens is 293 g/mol. The fourth-order valence-corrected chi connectivity index (χ4v) is 2.61. The number of carbonyl (C=O) groups is 1. The number of amides is 1. The number of nitrogens with zero attached hydrogens (tertiary/aromatic N) is 3. The van der Waals surface area contributed by atoms with E-state index in [0.717, 1.165) is 0 Å². The molecule has 0 spiro atoms. The molecule has 8 heteroatoms. The summed E-state index contributed by atoms with van der Waals surface area (Å²) < 4.78 is 14.5. The van der Waals surface area contributed by atoms with E-state index in [1.165, 1.54) is 36.0 Å². The summed E-state index contributed by atoms with van der Waals surface area (Å²) in [6.45, 7) is 3.92. The average molecular weight is 309 g/mol. The predicted molar refractivity (Wildman–Crippen MR) is 80.6 cm³/mol. The van der Waals surface area contributed by atoms with E-state index in [4.69, 9.17) is 5.73 Å². The molecule has 0 radical (unpaired) electrons. The molecule has 1 amide bonds. The lowest BCUT2D eigenvalue weighted by Gasteiger charge is -2.11. The Balaban J connectivity index is 1.94. The standard InChI is InChI=1S/C13H16FN5OS/c1-8(2)19-12(15)17-18-13(19)21-7-11(20)16-10-5-3-9(14)4-6-10/h3-6,8H,7H2,1-2H3,(H2,15,17)(H,16,20). The number of nitrogen functional groups attached to an aromatic ring is 1. The van der Waals surface area contributed by atoms with Crippen LogP contribution in [0.1, 0.15) is 19.9 Å². The number of anilines is 2. The molecule has 0 atom stereocenters. The fourth-order valence-electron chi connectivity index (χ4n) is 1.73. The number of aromatic nitrogens is 3. The molecule has 2 rings (SSSR count). The summed E-state index contributed by atoms with van der Waals surface area (Å²) in [5.74, 6) is -0.0554. The van der Waals surface area contributed by atoms with Crippen LogP contribution in [0.4, 0.5) is 16.0 Å². The van der Waals surface area contributed by atoms with Gasteiger partial charge >= 0.3 is 0 Å². The quantitative estimate of drug-likeness (QED) is 0.828. The smallest absolute Gasteiger partial charge is 0.234 e. The van der Waals surface area contributed by atoms with E-state index < -0.39 is 0 Å². The second kappa shape index (κ2) is 6.57. The molecule has 21 heavy (non-hydrogen) atoms. The van der Waals surface area contributed by atoms with Crippen LogP contribution in [0.25, 0.3) is 0 Å². The van der Waals surface area contributed by atoms with Crippen molar-refractivity contribution in [3.8, 4) is 0 Å². The zero-order chi connectivity index (χ0) is 15.4. The van der Waals surface area contributed by atoms with E-state index in [2.05, 4.69) is 15.5 Å². The number of rotatable bonds is 5. The van der Waals surface area contributed by atoms with Gasteiger partial charge in [0.2, 0.25) is 11.9 Å². The van der Waals surface area contributed by atoms with Crippen LogP contribution >= 0.6 is 11.8 Å². The van der Waals surface area contributed by atoms with Crippen molar-refractivity contribution < 1.29 is 9.18 Å². The molecule has 0 unspecified atom stereocenters. The number of hydrogen-bond donors (Lipinski definition) is 2. The summed E-state index contributed by atoms with van der Waals surface area (Å²) in [5.41, 5.74) is 6.27. The van der Waals surface area contributed by atoms with Crippen molar-refractivity contribution in [1.82, 2.24) is 14.8 Å². The SMILES string of the molecule is CC(C)n1c(N)nnc1SCC(=O)Nc1ccc(F)cc1. The highest BCUT2D eigenvalue weighted by molar-refractivity contribution is 7.99. The molecule has 6 nitrogen and oxygen atoms in total. The summed E-state index contributed by atoms with van der Waals surface area (Å²) in [5, 5.41) is 11.0. The first-order valence-corrected chi connectivity index (χ1v) is 7.34. The second-order valence-electron chi connectivity index (χ2n) is 4.65. The van der Waals surface area contributed by atoms with E-state index in [0.29, 0.717) is 16.8 Å². The molecule has 1 aromatic carbocycles. The molecule has 112 valence electrons. The van der Waals surface area contributed by atoms with Gasteiger partial charge in [0, 0.05) is 11.7 Å². The highest BCUT2D eigenvalue weighted by Gasteiger charge is 2.14. The van der Waals surface area contributed by atoms with Gasteiger partial charge < -0.3 is 11.1 Å². The maximum absolute atomic E-state index is 12.8. The lowest BCUT2D eigenvalue weighted by atomic mass is 10.3. The van der Waals surface area contributed by atoms with Crippen LogP contribution in [0.15, 0.2) is 29.4 Å². The lowest BCUT2D eigenvalue weighted by Crippen LogP contribution is -2.15. The number of benzene rings is 1. The van der Waals surface area contributed by atoms with Gasteiger partial charge in [0.15, 0.2) is 5.16 Å². The van der Waals surface area contributed by atoms with Gasteiger partial charge in [-0.15, -0.1) is 10.2 Å². The Morgan fingerprint density at radius 3 is 2.67 bits per heavy atom. The molecule has 0 aliphatic rings. The van der Waals surface area contributed by atoms with Crippen molar-refractivity contribution in [1.29, 1.82) is 0 Å². The first-order valence-electron chi connectivity index (χ1n) is 6.36. The third-order valence-corrected chi connectivity index (χ3v) is 3.61. The van der Waals surface area contributed by atoms with Crippen LogP contribution in [0.3, 0.4) is 0 Å². The maximum atomic E-state index is 12.8. The van der Waals surface area contributed by atoms with Crippen molar-refractivity contribution >= 4 is 29.3 Å². The minimum atomic E-state index is -0.345. The van der Waals surface area contributed by atoms with E-state index in [-0.39, 0.29) is 23.5 Å². The van der Waals surface area contributed by atoms with Gasteiger partial charge in [-0.05, 0) is 38.1 Å². The molecule has 0 bridgehead atoms. The lowest BCUT2D eigenvalue weighted by molar-refractivity contribution is -0.113. The molecule has 0 aliphatic heterocycles. The van der Waals surface area contributed by atoms with Crippen LogP contribution in [0.5, 0.6) is 0 Å². The Kier molecular flexibility index (Phi) is 4.79. The van der Waals surface area contributed by atoms with Crippen LogP contribution in [0.2, 0.25) is 0 Å². The molecule has 3 N–H and O–H groups in total. The summed E-state index contributed by atoms with van der Waals surface area (Å²) in [6.07, 6.45) is 0. The highest BCUT2D eigenvalue weighted by atomic mass is 32.2. The van der Waals surface area contributed by atoms with E-state index >= 15 is 0 Å². The third-order valence-electron chi connectivity index (χ3n) is 2.67. The van der Waals surface area contributed by atoms with Crippen LogP contribution < -0.4 is 11.1 Å². The number of nitrogens with two attached hydrogens (primary N) is 1. The fraction of sp³-hybridized carbons (Fsp3) is 0.308. The third kappa shape index (κ3) is 3.94. The minimum absolute atomic E-state index is 0.114. The van der Waals surface area contributed by atoms with E-state index in [1.807, 2.05) is 13.8 Å². The molecule has 0 aliphatic carbocycles. The number of halogens is 1. The van der Waals surface area contributed by atoms with E-state index in [1.54, 1.807) is 4.57 Å². The van der Waals surface area contributed by atoms with Crippen molar-refractivity contribution in [3.63, 3.8) is 0 Å². The van der Waals surface area contributed by atoms with Crippen molar-refractivity contribution in [2.45, 2.75) is 25.0 Å². The Labute approximate surface area is 125 Å². The number of thioether (sulfide) groups is 1. The first kappa shape index (κ1) is 15.3. The van der Waals surface area contributed by atoms with Gasteiger partial charge in [-0.2, -0.15) is 0 Å². The zero-order valence-electron chi connectivity index (χ0n) is 11.7. The molecule has 0 fully saturated rings. The Bertz CT molecular complexity index is 626. The molecule has 0 saturated heterocycles. The van der Waals surface area contributed by atoms with E-state index in [9.17, 15) is 9.18 Å². The van der Waals surface area contributed by atoms with Gasteiger partial charge in [-0.1, -0.05) is 11.8 Å². The highest BCUT2D eigenvalue weighted by Crippen LogP contribution is 2.22. The minimum Gasteiger partial charge on any atom is -0.368 e. The molecule has 1 aromatic heterocycles. The second-order valence-corrected chi connectivity index (χ2v) is 5.59. The Morgan fingerprint density at radius 2 is 2.05 bits per heavy atom. The van der Waals surface area contributed by atoms with Gasteiger partial charge in [0.05, 0.1) is 5.75 Å². The van der Waals surface area contributed by atoms with Gasteiger partial charge in [0.25, 0.3) is 0 Å². The number of nitrogens with one attached hydrogen (secondary N) is 1. The number of hydrogen-bond acceptors (Lipinski definition) is 5. The van der Waals surface area contributed by atoms with Gasteiger partial charge in [-0.25, -0.2) is 4.39 Å². The molecule has 2 aromatic rings. The molecular formula is C13H16FN5OS. The van der Waals surface area contributed by atoms with Gasteiger partial charge in [0.1, 0.15) is 5.82 Å². The van der Waals surface area contributed by atoms with Gasteiger partial charge in [-0.3, -0.25) is 9.36 Å². The summed E-state index contributed by atoms with van der Waals surface area (Å²) >= 11 is 1.25. The molecule has 0 saturated carbocycles. The first-order chi connectivity index (χ1) is 9.97.